The van der Waals surface area contributed by atoms with Gasteiger partial charge in [0.25, 0.3) is 0 Å². The predicted octanol–water partition coefficient (Wildman–Crippen LogP) is 3.61. The van der Waals surface area contributed by atoms with Gasteiger partial charge in [-0.25, -0.2) is 0 Å². The van der Waals surface area contributed by atoms with Gasteiger partial charge in [0.15, 0.2) is 0 Å². The zero-order valence-electron chi connectivity index (χ0n) is 12.0. The first-order valence-corrected chi connectivity index (χ1v) is 7.85. The van der Waals surface area contributed by atoms with Crippen molar-refractivity contribution in [1.29, 1.82) is 0 Å². The van der Waals surface area contributed by atoms with Gasteiger partial charge in [-0.1, -0.05) is 29.8 Å². The van der Waals surface area contributed by atoms with Crippen molar-refractivity contribution in [3.8, 4) is 0 Å². The number of thioether (sulfide) groups is 1. The standard InChI is InChI=1S/C17H19NO2S/c1-13-2-8-16(9-3-13)21-11-10-17(20)18-15-6-4-14(12-19)5-7-15/h2-9,19H,10-12H2,1H3,(H,18,20). The summed E-state index contributed by atoms with van der Waals surface area (Å²) in [4.78, 5) is 13.0. The number of aliphatic hydroxyl groups is 1. The molecule has 0 heterocycles. The van der Waals surface area contributed by atoms with Gasteiger partial charge >= 0.3 is 0 Å². The van der Waals surface area contributed by atoms with Crippen molar-refractivity contribution in [2.24, 2.45) is 0 Å². The third kappa shape index (κ3) is 5.25. The van der Waals surface area contributed by atoms with E-state index >= 15 is 0 Å². The number of aryl methyl sites for hydroxylation is 1. The Morgan fingerprint density at radius 3 is 2.38 bits per heavy atom. The first-order valence-electron chi connectivity index (χ1n) is 6.86. The van der Waals surface area contributed by atoms with Gasteiger partial charge in [-0.15, -0.1) is 11.8 Å². The highest BCUT2D eigenvalue weighted by atomic mass is 32.2. The monoisotopic (exact) mass is 301 g/mol. The van der Waals surface area contributed by atoms with Crippen molar-refractivity contribution >= 4 is 23.4 Å². The van der Waals surface area contributed by atoms with E-state index in [0.717, 1.165) is 17.0 Å². The van der Waals surface area contributed by atoms with Crippen molar-refractivity contribution in [3.63, 3.8) is 0 Å². The lowest BCUT2D eigenvalue weighted by Crippen LogP contribution is -2.12. The molecule has 0 unspecified atom stereocenters. The van der Waals surface area contributed by atoms with Crippen LogP contribution in [0.15, 0.2) is 53.4 Å². The third-order valence-electron chi connectivity index (χ3n) is 3.04. The molecule has 0 saturated carbocycles. The van der Waals surface area contributed by atoms with Crippen LogP contribution in [0.1, 0.15) is 17.5 Å². The smallest absolute Gasteiger partial charge is 0.225 e. The van der Waals surface area contributed by atoms with Gasteiger partial charge in [-0.2, -0.15) is 0 Å². The molecule has 3 nitrogen and oxygen atoms in total. The molecule has 0 aliphatic carbocycles. The van der Waals surface area contributed by atoms with Gasteiger partial charge in [0.05, 0.1) is 6.61 Å². The van der Waals surface area contributed by atoms with Gasteiger partial charge in [-0.05, 0) is 36.8 Å². The van der Waals surface area contributed by atoms with Gasteiger partial charge in [0.1, 0.15) is 0 Å². The van der Waals surface area contributed by atoms with Gasteiger partial charge < -0.3 is 10.4 Å². The number of carbonyl (C=O) groups is 1. The minimum atomic E-state index is 0.00589. The maximum absolute atomic E-state index is 11.8. The number of nitrogens with one attached hydrogen (secondary N) is 1. The molecule has 0 fully saturated rings. The van der Waals surface area contributed by atoms with E-state index in [1.807, 2.05) is 0 Å². The molecule has 2 aromatic rings. The van der Waals surface area contributed by atoms with Crippen molar-refractivity contribution in [3.05, 3.63) is 59.7 Å². The molecule has 0 saturated heterocycles. The Morgan fingerprint density at radius 2 is 1.76 bits per heavy atom. The fourth-order valence-corrected chi connectivity index (χ4v) is 2.66. The molecule has 0 aromatic heterocycles. The summed E-state index contributed by atoms with van der Waals surface area (Å²) in [5.41, 5.74) is 2.84. The van der Waals surface area contributed by atoms with Crippen LogP contribution in [0.2, 0.25) is 0 Å². The Labute approximate surface area is 129 Å². The van der Waals surface area contributed by atoms with Crippen LogP contribution in [0.3, 0.4) is 0 Å². The fraction of sp³-hybridized carbons (Fsp3) is 0.235. The van der Waals surface area contributed by atoms with Crippen LogP contribution in [-0.2, 0) is 11.4 Å². The molecule has 0 bridgehead atoms. The Morgan fingerprint density at radius 1 is 1.10 bits per heavy atom. The Bertz CT molecular complexity index is 579. The van der Waals surface area contributed by atoms with Crippen molar-refractivity contribution in [2.45, 2.75) is 24.8 Å². The lowest BCUT2D eigenvalue weighted by atomic mass is 10.2. The summed E-state index contributed by atoms with van der Waals surface area (Å²) < 4.78 is 0. The molecule has 2 rings (SSSR count). The molecular formula is C17H19NO2S. The maximum atomic E-state index is 11.8. The average Bonchev–Trinajstić information content (AvgIpc) is 2.50. The summed E-state index contributed by atoms with van der Waals surface area (Å²) in [6.07, 6.45) is 0.473. The normalized spacial score (nSPS) is 10.4. The topological polar surface area (TPSA) is 49.3 Å². The van der Waals surface area contributed by atoms with Crippen LogP contribution < -0.4 is 5.32 Å². The van der Waals surface area contributed by atoms with Crippen LogP contribution in [0.4, 0.5) is 5.69 Å². The van der Waals surface area contributed by atoms with E-state index in [1.165, 1.54) is 10.5 Å². The van der Waals surface area contributed by atoms with Crippen molar-refractivity contribution < 1.29 is 9.90 Å². The molecule has 4 heteroatoms. The number of hydrogen-bond donors (Lipinski definition) is 2. The van der Waals surface area contributed by atoms with Crippen LogP contribution in [0.5, 0.6) is 0 Å². The number of aliphatic hydroxyl groups excluding tert-OH is 1. The summed E-state index contributed by atoms with van der Waals surface area (Å²) in [6.45, 7) is 2.07. The SMILES string of the molecule is Cc1ccc(SCCC(=O)Nc2ccc(CO)cc2)cc1. The van der Waals surface area contributed by atoms with E-state index in [1.54, 1.807) is 36.0 Å². The first kappa shape index (κ1) is 15.6. The van der Waals surface area contributed by atoms with Crippen LogP contribution in [-0.4, -0.2) is 16.8 Å². The summed E-state index contributed by atoms with van der Waals surface area (Å²) in [7, 11) is 0. The number of hydrogen-bond acceptors (Lipinski definition) is 3. The lowest BCUT2D eigenvalue weighted by molar-refractivity contribution is -0.115. The van der Waals surface area contributed by atoms with Gasteiger partial charge in [0, 0.05) is 22.8 Å². The highest BCUT2D eigenvalue weighted by molar-refractivity contribution is 7.99. The van der Waals surface area contributed by atoms with Crippen molar-refractivity contribution in [2.75, 3.05) is 11.1 Å². The van der Waals surface area contributed by atoms with Gasteiger partial charge in [-0.3, -0.25) is 4.79 Å². The van der Waals surface area contributed by atoms with Crippen molar-refractivity contribution in [1.82, 2.24) is 0 Å². The van der Waals surface area contributed by atoms with Gasteiger partial charge in [0.2, 0.25) is 5.91 Å². The molecule has 0 aliphatic heterocycles. The summed E-state index contributed by atoms with van der Waals surface area (Å²) in [5, 5.41) is 11.8. The number of amides is 1. The van der Waals surface area contributed by atoms with Crippen LogP contribution in [0, 0.1) is 6.92 Å². The molecule has 2 aromatic carbocycles. The molecule has 2 N–H and O–H groups in total. The first-order chi connectivity index (χ1) is 10.2. The number of anilines is 1. The zero-order valence-corrected chi connectivity index (χ0v) is 12.8. The largest absolute Gasteiger partial charge is 0.392 e. The molecule has 0 radical (unpaired) electrons. The zero-order chi connectivity index (χ0) is 15.1. The molecule has 110 valence electrons. The summed E-state index contributed by atoms with van der Waals surface area (Å²) >= 11 is 1.68. The second kappa shape index (κ2) is 7.86. The minimum Gasteiger partial charge on any atom is -0.392 e. The minimum absolute atomic E-state index is 0.00589. The molecule has 1 amide bonds. The quantitative estimate of drug-likeness (QED) is 0.801. The third-order valence-corrected chi connectivity index (χ3v) is 4.05. The Kier molecular flexibility index (Phi) is 5.84. The second-order valence-electron chi connectivity index (χ2n) is 4.81. The average molecular weight is 301 g/mol. The number of benzene rings is 2. The van der Waals surface area contributed by atoms with E-state index in [0.29, 0.717) is 6.42 Å². The van der Waals surface area contributed by atoms with Crippen LogP contribution >= 0.6 is 11.8 Å². The van der Waals surface area contributed by atoms with E-state index in [-0.39, 0.29) is 12.5 Å². The van der Waals surface area contributed by atoms with E-state index in [9.17, 15) is 4.79 Å². The fourth-order valence-electron chi connectivity index (χ4n) is 1.81. The van der Waals surface area contributed by atoms with E-state index in [2.05, 4.69) is 36.5 Å². The number of rotatable bonds is 6. The summed E-state index contributed by atoms with van der Waals surface area (Å²) in [5.74, 6) is 0.759. The molecule has 0 aliphatic rings. The van der Waals surface area contributed by atoms with E-state index < -0.39 is 0 Å². The molecule has 21 heavy (non-hydrogen) atoms. The summed E-state index contributed by atoms with van der Waals surface area (Å²) in [6, 6.07) is 15.5. The highest BCUT2D eigenvalue weighted by Crippen LogP contribution is 2.19. The number of carbonyl (C=O) groups excluding carboxylic acids is 1. The second-order valence-corrected chi connectivity index (χ2v) is 5.98. The lowest BCUT2D eigenvalue weighted by Gasteiger charge is -2.06. The predicted molar refractivity (Wildman–Crippen MR) is 87.5 cm³/mol. The maximum Gasteiger partial charge on any atom is 0.225 e. The Hall–Kier alpha value is -1.78. The van der Waals surface area contributed by atoms with E-state index in [4.69, 9.17) is 5.11 Å². The molecular weight excluding hydrogens is 282 g/mol. The van der Waals surface area contributed by atoms with Crippen LogP contribution in [0.25, 0.3) is 0 Å². The molecule has 0 atom stereocenters. The Balaban J connectivity index is 1.75. The highest BCUT2D eigenvalue weighted by Gasteiger charge is 2.03. The molecule has 0 spiro atoms.